The van der Waals surface area contributed by atoms with Crippen LogP contribution in [0.1, 0.15) is 176 Å². The number of unbranched alkanes of at least 4 members (excludes halogenated alkanes) is 5. The molecular weight excluding hydrogens is 1140 g/mol. The molecule has 1 heterocycles. The van der Waals surface area contributed by atoms with E-state index in [0.29, 0.717) is 69.8 Å². The predicted molar refractivity (Wildman–Crippen MR) is 341 cm³/mol. The first-order valence-corrected chi connectivity index (χ1v) is 32.2. The van der Waals surface area contributed by atoms with Gasteiger partial charge < -0.3 is 87.6 Å². The summed E-state index contributed by atoms with van der Waals surface area (Å²) in [6.07, 6.45) is 3.82. The maximum atomic E-state index is 14.8. The number of amides is 11. The molecule has 0 spiro atoms. The van der Waals surface area contributed by atoms with Gasteiger partial charge in [0.2, 0.25) is 65.0 Å². The first-order valence-electron chi connectivity index (χ1n) is 32.2. The Bertz CT molecular complexity index is 2370. The van der Waals surface area contributed by atoms with Gasteiger partial charge in [0.1, 0.15) is 60.4 Å². The first kappa shape index (κ1) is 78.3. The highest BCUT2D eigenvalue weighted by molar-refractivity contribution is 5.99. The highest BCUT2D eigenvalue weighted by atomic mass is 16.2. The summed E-state index contributed by atoms with van der Waals surface area (Å²) in [5.41, 5.74) is 35.5. The van der Waals surface area contributed by atoms with Crippen LogP contribution in [-0.2, 0) is 59.2 Å². The molecule has 27 heteroatoms. The lowest BCUT2D eigenvalue weighted by atomic mass is 9.98. The minimum Gasteiger partial charge on any atom is -0.370 e. The smallest absolute Gasteiger partial charge is 0.243 e. The molecule has 1 aromatic carbocycles. The van der Waals surface area contributed by atoms with Crippen LogP contribution in [0.25, 0.3) is 0 Å². The number of carbonyl (C=O) groups is 11. The van der Waals surface area contributed by atoms with Gasteiger partial charge in [-0.1, -0.05) is 71.9 Å². The summed E-state index contributed by atoms with van der Waals surface area (Å²) < 4.78 is 0. The fourth-order valence-electron chi connectivity index (χ4n) is 10.3. The van der Waals surface area contributed by atoms with Crippen molar-refractivity contribution in [1.29, 1.82) is 0 Å². The maximum absolute atomic E-state index is 14.8. The van der Waals surface area contributed by atoms with E-state index in [2.05, 4.69) is 53.2 Å². The zero-order valence-electron chi connectivity index (χ0n) is 53.7. The molecule has 1 saturated heterocycles. The summed E-state index contributed by atoms with van der Waals surface area (Å²) in [5.74, 6) is -9.14. The molecule has 504 valence electrons. The zero-order chi connectivity index (χ0) is 66.4. The third-order valence-corrected chi connectivity index (χ3v) is 15.1. The number of nitrogens with two attached hydrogens (primary N) is 6. The Hall–Kier alpha value is -6.81. The zero-order valence-corrected chi connectivity index (χ0v) is 53.7. The fraction of sp³-hybridized carbons (Fsp3) is 0.726. The minimum absolute atomic E-state index is 0.0186. The molecule has 0 bridgehead atoms. The van der Waals surface area contributed by atoms with Crippen molar-refractivity contribution in [3.63, 3.8) is 0 Å². The van der Waals surface area contributed by atoms with Crippen molar-refractivity contribution in [2.45, 2.75) is 237 Å². The van der Waals surface area contributed by atoms with Gasteiger partial charge >= 0.3 is 0 Å². The summed E-state index contributed by atoms with van der Waals surface area (Å²) in [6.45, 7) is 12.2. The molecule has 11 amide bonds. The van der Waals surface area contributed by atoms with Crippen molar-refractivity contribution in [3.05, 3.63) is 35.9 Å². The van der Waals surface area contributed by atoms with Crippen LogP contribution in [0, 0.1) is 17.8 Å². The van der Waals surface area contributed by atoms with Crippen LogP contribution in [0.5, 0.6) is 0 Å². The molecule has 22 N–H and O–H groups in total. The van der Waals surface area contributed by atoms with E-state index in [1.807, 2.05) is 27.7 Å². The van der Waals surface area contributed by atoms with Crippen LogP contribution in [-0.4, -0.2) is 158 Å². The standard InChI is InChI=1S/C62H110N16O11/c1-38(2)34-48-59(86)72-43(23-11-16-30-64)54(81)70-45(25-13-18-32-66)57(84)78-51(37-41-20-8-7-9-21-41)62(89)73-46(26-14-19-33-67)56(83)76-50(36-40(5)6)61(88)77-49(35-39(3)4)60(87)74-47(27-28-52(68)79)58(85)71-42(22-10-15-29-63)53(80)69-44(55(82)75-48)24-12-17-31-65/h7-9,20-21,38-40,42-51H,10-19,22-37,63-67H2,1-6H3,(H2,68,79)(H,69,80)(H,70,81)(H,71,85)(H,72,86)(H,73,89)(H,74,87)(H,75,82)(H,76,83)(H,77,88)(H,78,84)/t42-,43-,44-,45-,46-,47-,48-,49-,50-,51-/m0/s1. The van der Waals surface area contributed by atoms with E-state index < -0.39 is 125 Å². The fourth-order valence-corrected chi connectivity index (χ4v) is 10.3. The number of primary amides is 1. The first-order chi connectivity index (χ1) is 42.4. The van der Waals surface area contributed by atoms with Gasteiger partial charge in [-0.05, 0) is 178 Å². The van der Waals surface area contributed by atoms with Gasteiger partial charge in [0, 0.05) is 12.8 Å². The summed E-state index contributed by atoms with van der Waals surface area (Å²) in [5, 5.41) is 27.9. The number of benzene rings is 1. The third kappa shape index (κ3) is 31.5. The lowest BCUT2D eigenvalue weighted by molar-refractivity contribution is -0.137. The highest BCUT2D eigenvalue weighted by Gasteiger charge is 2.37. The van der Waals surface area contributed by atoms with Gasteiger partial charge in [-0.15, -0.1) is 0 Å². The average Bonchev–Trinajstić information content (AvgIpc) is 3.43. The lowest BCUT2D eigenvalue weighted by Gasteiger charge is -2.30. The molecule has 0 saturated carbocycles. The molecule has 2 rings (SSSR count). The predicted octanol–water partition coefficient (Wildman–Crippen LogP) is -0.861. The Balaban J connectivity index is 3.01. The molecule has 0 aliphatic carbocycles. The van der Waals surface area contributed by atoms with Gasteiger partial charge in [0.25, 0.3) is 0 Å². The number of carbonyl (C=O) groups excluding carboxylic acids is 11. The van der Waals surface area contributed by atoms with Crippen LogP contribution < -0.4 is 87.6 Å². The van der Waals surface area contributed by atoms with E-state index in [0.717, 1.165) is 0 Å². The Morgan fingerprint density at radius 3 is 0.775 bits per heavy atom. The van der Waals surface area contributed by atoms with Crippen LogP contribution in [0.4, 0.5) is 0 Å². The monoisotopic (exact) mass is 1250 g/mol. The summed E-state index contributed by atoms with van der Waals surface area (Å²) >= 11 is 0. The quantitative estimate of drug-likeness (QED) is 0.0402. The molecule has 1 fully saturated rings. The second-order valence-electron chi connectivity index (χ2n) is 24.6. The Morgan fingerprint density at radius 1 is 0.326 bits per heavy atom. The van der Waals surface area contributed by atoms with Crippen molar-refractivity contribution < 1.29 is 52.7 Å². The van der Waals surface area contributed by atoms with Crippen molar-refractivity contribution in [1.82, 2.24) is 53.2 Å². The maximum Gasteiger partial charge on any atom is 0.243 e. The van der Waals surface area contributed by atoms with E-state index in [1.54, 1.807) is 44.2 Å². The van der Waals surface area contributed by atoms with Gasteiger partial charge in [0.05, 0.1) is 0 Å². The van der Waals surface area contributed by atoms with E-state index >= 15 is 0 Å². The molecule has 10 atom stereocenters. The second-order valence-corrected chi connectivity index (χ2v) is 24.6. The molecule has 0 radical (unpaired) electrons. The van der Waals surface area contributed by atoms with Gasteiger partial charge in [-0.25, -0.2) is 0 Å². The molecular formula is C62H110N16O11. The Kier molecular flexibility index (Phi) is 38.5. The topological polar surface area (TPSA) is 464 Å². The highest BCUT2D eigenvalue weighted by Crippen LogP contribution is 2.16. The van der Waals surface area contributed by atoms with E-state index in [9.17, 15) is 52.7 Å². The number of hydrogen-bond acceptors (Lipinski definition) is 16. The Morgan fingerprint density at radius 2 is 0.539 bits per heavy atom. The van der Waals surface area contributed by atoms with Crippen molar-refractivity contribution in [2.75, 3.05) is 32.7 Å². The SMILES string of the molecule is CC(C)C[C@@H]1NC(=O)[C@H](CCCCN)NC(=O)[C@H](CCCCN)NC(=O)[C@H](CCC(N)=O)NC(=O)[C@H](CC(C)C)NC(=O)[C@H](CC(C)C)NC(=O)[C@H](CCCCN)NC(=O)[C@H](Cc2ccccc2)NC(=O)[C@H](CCCCN)NC(=O)[C@H](CCCCN)NC1=O. The van der Waals surface area contributed by atoms with E-state index in [4.69, 9.17) is 34.4 Å². The lowest BCUT2D eigenvalue weighted by Crippen LogP contribution is -2.61. The van der Waals surface area contributed by atoms with Gasteiger partial charge in [-0.3, -0.25) is 52.7 Å². The molecule has 1 aliphatic rings. The minimum atomic E-state index is -1.49. The normalized spacial score (nSPS) is 23.9. The second kappa shape index (κ2) is 43.8. The van der Waals surface area contributed by atoms with Gasteiger partial charge in [-0.2, -0.15) is 0 Å². The summed E-state index contributed by atoms with van der Waals surface area (Å²) in [7, 11) is 0. The van der Waals surface area contributed by atoms with E-state index in [1.165, 1.54) is 0 Å². The summed E-state index contributed by atoms with van der Waals surface area (Å²) in [6, 6.07) is -4.30. The van der Waals surface area contributed by atoms with Crippen LogP contribution in [0.3, 0.4) is 0 Å². The third-order valence-electron chi connectivity index (χ3n) is 15.1. The molecule has 1 aromatic rings. The molecule has 0 aromatic heterocycles. The van der Waals surface area contributed by atoms with Crippen LogP contribution >= 0.6 is 0 Å². The van der Waals surface area contributed by atoms with Gasteiger partial charge in [0.15, 0.2) is 0 Å². The number of rotatable bonds is 31. The number of hydrogen-bond donors (Lipinski definition) is 16. The molecule has 89 heavy (non-hydrogen) atoms. The largest absolute Gasteiger partial charge is 0.370 e. The average molecular weight is 1260 g/mol. The summed E-state index contributed by atoms with van der Waals surface area (Å²) in [4.78, 5) is 158. The van der Waals surface area contributed by atoms with Crippen LogP contribution in [0.2, 0.25) is 0 Å². The molecule has 1 aliphatic heterocycles. The molecule has 27 nitrogen and oxygen atoms in total. The molecule has 0 unspecified atom stereocenters. The number of nitrogens with one attached hydrogen (secondary N) is 10. The van der Waals surface area contributed by atoms with Crippen LogP contribution in [0.15, 0.2) is 30.3 Å². The van der Waals surface area contributed by atoms with Crippen molar-refractivity contribution in [3.8, 4) is 0 Å². The Labute approximate surface area is 526 Å². The van der Waals surface area contributed by atoms with Crippen molar-refractivity contribution >= 4 is 65.0 Å². The van der Waals surface area contributed by atoms with Crippen molar-refractivity contribution in [2.24, 2.45) is 52.2 Å². The van der Waals surface area contributed by atoms with E-state index in [-0.39, 0.29) is 121 Å².